The zero-order chi connectivity index (χ0) is 15.9. The molecule has 1 aromatic carbocycles. The van der Waals surface area contributed by atoms with Gasteiger partial charge >= 0.3 is 5.97 Å². The van der Waals surface area contributed by atoms with Crippen LogP contribution in [0, 0.1) is 0 Å². The molecule has 4 heteroatoms. The monoisotopic (exact) mass is 301 g/mol. The third-order valence-electron chi connectivity index (χ3n) is 3.88. The van der Waals surface area contributed by atoms with Gasteiger partial charge in [-0.25, -0.2) is 0 Å². The van der Waals surface area contributed by atoms with E-state index in [1.807, 2.05) is 18.2 Å². The minimum Gasteiger partial charge on any atom is -0.466 e. The van der Waals surface area contributed by atoms with Gasteiger partial charge in [0.1, 0.15) is 0 Å². The molecule has 0 saturated heterocycles. The van der Waals surface area contributed by atoms with Crippen molar-refractivity contribution < 1.29 is 14.3 Å². The summed E-state index contributed by atoms with van der Waals surface area (Å²) in [5.41, 5.74) is 3.24. The molecule has 1 aliphatic rings. The first kappa shape index (κ1) is 16.4. The predicted octanol–water partition coefficient (Wildman–Crippen LogP) is 2.46. The molecule has 1 atom stereocenters. The minimum atomic E-state index is -0.573. The number of fused-ring (bicyclic) bond motifs is 1. The zero-order valence-corrected chi connectivity index (χ0v) is 13.1. The molecule has 0 aromatic heterocycles. The Morgan fingerprint density at radius 3 is 2.86 bits per heavy atom. The maximum atomic E-state index is 12.7. The Kier molecular flexibility index (Phi) is 5.90. The average Bonchev–Trinajstić information content (AvgIpc) is 2.98. The van der Waals surface area contributed by atoms with Crippen molar-refractivity contribution in [1.82, 2.24) is 5.32 Å². The van der Waals surface area contributed by atoms with Crippen molar-refractivity contribution in [3.05, 3.63) is 47.5 Å². The van der Waals surface area contributed by atoms with Crippen LogP contribution >= 0.6 is 0 Å². The molecule has 0 fully saturated rings. The number of rotatable bonds is 8. The maximum Gasteiger partial charge on any atom is 0.307 e. The fraction of sp³-hybridized carbons (Fsp3) is 0.444. The Morgan fingerprint density at radius 1 is 1.36 bits per heavy atom. The molecule has 118 valence electrons. The second kappa shape index (κ2) is 7.90. The van der Waals surface area contributed by atoms with E-state index in [9.17, 15) is 9.59 Å². The number of ketones is 1. The molecule has 0 spiro atoms. The zero-order valence-electron chi connectivity index (χ0n) is 13.1. The maximum absolute atomic E-state index is 12.7. The number of carbonyl (C=O) groups excluding carboxylic acids is 2. The molecular weight excluding hydrogens is 278 g/mol. The van der Waals surface area contributed by atoms with Crippen LogP contribution in [-0.2, 0) is 22.4 Å². The van der Waals surface area contributed by atoms with Crippen LogP contribution in [0.5, 0.6) is 0 Å². The Bertz CT molecular complexity index is 565. The summed E-state index contributed by atoms with van der Waals surface area (Å²) in [5, 5.41) is 3.06. The Hall–Kier alpha value is -1.94. The first-order valence-corrected chi connectivity index (χ1v) is 7.81. The van der Waals surface area contributed by atoms with Crippen LogP contribution in [0.15, 0.2) is 30.9 Å². The van der Waals surface area contributed by atoms with Gasteiger partial charge in [0.05, 0.1) is 19.1 Å². The lowest BCUT2D eigenvalue weighted by atomic mass is 9.98. The highest BCUT2D eigenvalue weighted by atomic mass is 16.5. The van der Waals surface area contributed by atoms with E-state index in [4.69, 9.17) is 4.74 Å². The summed E-state index contributed by atoms with van der Waals surface area (Å²) >= 11 is 0. The summed E-state index contributed by atoms with van der Waals surface area (Å²) in [6, 6.07) is 5.29. The van der Waals surface area contributed by atoms with Crippen molar-refractivity contribution in [3.8, 4) is 0 Å². The number of carbonyl (C=O) groups is 2. The molecular formula is C18H23NO3. The number of hydrogen-bond acceptors (Lipinski definition) is 4. The van der Waals surface area contributed by atoms with Crippen molar-refractivity contribution in [3.63, 3.8) is 0 Å². The molecule has 0 heterocycles. The summed E-state index contributed by atoms with van der Waals surface area (Å²) in [6.45, 7) is 6.19. The second-order valence-corrected chi connectivity index (χ2v) is 5.46. The van der Waals surface area contributed by atoms with Crippen LogP contribution in [0.25, 0.3) is 0 Å². The van der Waals surface area contributed by atoms with Crippen LogP contribution in [-0.4, -0.2) is 30.9 Å². The molecule has 1 aromatic rings. The predicted molar refractivity (Wildman–Crippen MR) is 86.0 cm³/mol. The van der Waals surface area contributed by atoms with Gasteiger partial charge in [0.2, 0.25) is 0 Å². The van der Waals surface area contributed by atoms with Gasteiger partial charge in [0.15, 0.2) is 5.78 Å². The Morgan fingerprint density at radius 2 is 2.14 bits per heavy atom. The number of ether oxygens (including phenoxy) is 1. The van der Waals surface area contributed by atoms with E-state index in [-0.39, 0.29) is 18.2 Å². The van der Waals surface area contributed by atoms with E-state index in [0.717, 1.165) is 19.3 Å². The van der Waals surface area contributed by atoms with Gasteiger partial charge in [-0.15, -0.1) is 6.58 Å². The highest BCUT2D eigenvalue weighted by Gasteiger charge is 2.24. The van der Waals surface area contributed by atoms with Gasteiger partial charge in [-0.1, -0.05) is 18.2 Å². The first-order chi connectivity index (χ1) is 10.7. The normalized spacial score (nSPS) is 14.2. The summed E-state index contributed by atoms with van der Waals surface area (Å²) in [5.74, 6) is -0.428. The van der Waals surface area contributed by atoms with Crippen molar-refractivity contribution in [2.24, 2.45) is 0 Å². The van der Waals surface area contributed by atoms with E-state index in [2.05, 4.69) is 11.9 Å². The minimum absolute atomic E-state index is 0.0393. The van der Waals surface area contributed by atoms with Crippen LogP contribution in [0.2, 0.25) is 0 Å². The fourth-order valence-electron chi connectivity index (χ4n) is 2.80. The van der Waals surface area contributed by atoms with Crippen LogP contribution in [0.3, 0.4) is 0 Å². The lowest BCUT2D eigenvalue weighted by molar-refractivity contribution is -0.143. The number of nitrogens with one attached hydrogen (secondary N) is 1. The molecule has 0 radical (unpaired) electrons. The van der Waals surface area contributed by atoms with Gasteiger partial charge in [-0.3, -0.25) is 9.59 Å². The number of benzene rings is 1. The number of hydrogen-bond donors (Lipinski definition) is 1. The first-order valence-electron chi connectivity index (χ1n) is 7.81. The molecule has 0 bridgehead atoms. The second-order valence-electron chi connectivity index (χ2n) is 5.46. The third-order valence-corrected chi connectivity index (χ3v) is 3.88. The number of Topliss-reactive ketones (excluding diaryl/α,β-unsaturated/α-hetero) is 1. The largest absolute Gasteiger partial charge is 0.466 e. The van der Waals surface area contributed by atoms with E-state index >= 15 is 0 Å². The lowest BCUT2D eigenvalue weighted by Gasteiger charge is -2.16. The molecule has 0 amide bonds. The van der Waals surface area contributed by atoms with E-state index in [1.165, 1.54) is 11.1 Å². The molecule has 0 aliphatic heterocycles. The summed E-state index contributed by atoms with van der Waals surface area (Å²) in [6.07, 6.45) is 4.98. The average molecular weight is 301 g/mol. The summed E-state index contributed by atoms with van der Waals surface area (Å²) in [4.78, 5) is 24.4. The molecule has 4 nitrogen and oxygen atoms in total. The van der Waals surface area contributed by atoms with Gasteiger partial charge in [0, 0.05) is 12.1 Å². The topological polar surface area (TPSA) is 55.4 Å². The Labute approximate surface area is 131 Å². The van der Waals surface area contributed by atoms with Crippen molar-refractivity contribution in [1.29, 1.82) is 0 Å². The van der Waals surface area contributed by atoms with Crippen LogP contribution in [0.4, 0.5) is 0 Å². The smallest absolute Gasteiger partial charge is 0.307 e. The van der Waals surface area contributed by atoms with Crippen molar-refractivity contribution in [2.45, 2.75) is 38.6 Å². The molecule has 0 saturated carbocycles. The van der Waals surface area contributed by atoms with E-state index in [1.54, 1.807) is 13.0 Å². The molecule has 1 unspecified atom stereocenters. The number of aryl methyl sites for hydroxylation is 2. The van der Waals surface area contributed by atoms with Gasteiger partial charge in [-0.2, -0.15) is 0 Å². The van der Waals surface area contributed by atoms with Crippen LogP contribution in [0.1, 0.15) is 41.3 Å². The van der Waals surface area contributed by atoms with Crippen LogP contribution < -0.4 is 5.32 Å². The quantitative estimate of drug-likeness (QED) is 0.455. The van der Waals surface area contributed by atoms with Crippen molar-refractivity contribution >= 4 is 11.8 Å². The molecule has 2 rings (SSSR count). The highest BCUT2D eigenvalue weighted by molar-refractivity contribution is 6.02. The summed E-state index contributed by atoms with van der Waals surface area (Å²) < 4.78 is 4.96. The lowest BCUT2D eigenvalue weighted by Crippen LogP contribution is -2.39. The van der Waals surface area contributed by atoms with E-state index in [0.29, 0.717) is 18.7 Å². The number of esters is 1. The Balaban J connectivity index is 2.13. The van der Waals surface area contributed by atoms with Gasteiger partial charge in [0.25, 0.3) is 0 Å². The molecule has 1 N–H and O–H groups in total. The van der Waals surface area contributed by atoms with E-state index < -0.39 is 6.04 Å². The standard InChI is InChI=1S/C18H23NO3/c1-3-10-19-16(12-17(20)22-4-2)18(21)15-9-8-13-6-5-7-14(13)11-15/h3,8-9,11,16,19H,1,4-7,10,12H2,2H3. The third kappa shape index (κ3) is 4.04. The van der Waals surface area contributed by atoms with Gasteiger partial charge in [-0.05, 0) is 43.4 Å². The summed E-state index contributed by atoms with van der Waals surface area (Å²) in [7, 11) is 0. The molecule has 22 heavy (non-hydrogen) atoms. The SMILES string of the molecule is C=CCNC(CC(=O)OCC)C(=O)c1ccc2c(c1)CCC2. The fourth-order valence-corrected chi connectivity index (χ4v) is 2.80. The van der Waals surface area contributed by atoms with Crippen molar-refractivity contribution in [2.75, 3.05) is 13.2 Å². The highest BCUT2D eigenvalue weighted by Crippen LogP contribution is 2.23. The van der Waals surface area contributed by atoms with Gasteiger partial charge < -0.3 is 10.1 Å². The molecule has 1 aliphatic carbocycles.